The number of rotatable bonds is 9. The number of ketones is 1. The molecule has 1 unspecified atom stereocenters. The Kier molecular flexibility index (Phi) is 8.07. The summed E-state index contributed by atoms with van der Waals surface area (Å²) < 4.78 is 29.8. The Hall–Kier alpha value is -2.49. The van der Waals surface area contributed by atoms with E-state index in [1.54, 1.807) is 0 Å². The van der Waals surface area contributed by atoms with Crippen LogP contribution in [0.15, 0.2) is 47.4 Å². The lowest BCUT2D eigenvalue weighted by Gasteiger charge is -2.39. The zero-order chi connectivity index (χ0) is 26.9. The van der Waals surface area contributed by atoms with Gasteiger partial charge in [0.05, 0.1) is 35.2 Å². The lowest BCUT2D eigenvalue weighted by molar-refractivity contribution is 0.0342. The largest absolute Gasteiger partial charge is 0.379 e. The van der Waals surface area contributed by atoms with Gasteiger partial charge in [0.15, 0.2) is 5.78 Å². The summed E-state index contributed by atoms with van der Waals surface area (Å²) in [5.41, 5.74) is 5.49. The summed E-state index contributed by atoms with van der Waals surface area (Å²) in [6.07, 6.45) is 3.56. The van der Waals surface area contributed by atoms with Crippen LogP contribution in [0.4, 0.5) is 0 Å². The maximum Gasteiger partial charge on any atom is 0.186 e. The van der Waals surface area contributed by atoms with Crippen molar-refractivity contribution in [2.45, 2.75) is 63.6 Å². The number of unbranched alkanes of at least 4 members (excludes halogenated alkanes) is 1. The molecule has 0 amide bonds. The van der Waals surface area contributed by atoms with Gasteiger partial charge in [-0.1, -0.05) is 57.0 Å². The van der Waals surface area contributed by atoms with Crippen molar-refractivity contribution in [2.75, 3.05) is 26.3 Å². The smallest absolute Gasteiger partial charge is 0.186 e. The first kappa shape index (κ1) is 27.1. The van der Waals surface area contributed by atoms with Gasteiger partial charge >= 0.3 is 0 Å². The number of aryl methyl sites for hydroxylation is 1. The van der Waals surface area contributed by atoms with Crippen LogP contribution in [0.2, 0.25) is 0 Å². The molecule has 1 saturated heterocycles. The number of ether oxygens (including phenoxy) is 1. The molecule has 2 N–H and O–H groups in total. The highest BCUT2D eigenvalue weighted by Crippen LogP contribution is 2.61. The second-order valence-electron chi connectivity index (χ2n) is 10.5. The predicted octanol–water partition coefficient (Wildman–Crippen LogP) is 6.70. The van der Waals surface area contributed by atoms with Crippen LogP contribution in [0.3, 0.4) is 0 Å². The number of morpholine rings is 1. The lowest BCUT2D eigenvalue weighted by atomic mass is 9.91. The first-order valence-corrected chi connectivity index (χ1v) is 15.5. The highest BCUT2D eigenvalue weighted by molar-refractivity contribution is 8.23. The minimum Gasteiger partial charge on any atom is -0.379 e. The standard InChI is InChI=1S/C30H39N3O4S/c1-4-6-9-23(5-2)29(34)27-26-20-38(35,36)30-21(3)8-7-10-25(30)28(26)33(31-27)24-13-11-22(12-14-24)19-32-15-17-37-18-16-32/h7-8,10-14,23,35-36H,4-6,9,15-20H2,1-3H3. The van der Waals surface area contributed by atoms with Crippen LogP contribution in [0, 0.1) is 12.8 Å². The van der Waals surface area contributed by atoms with Gasteiger partial charge in [0, 0.05) is 36.7 Å². The second kappa shape index (κ2) is 11.3. The number of Topliss-reactive ketones (excluding diaryl/α,β-unsaturated/α-hetero) is 1. The third-order valence-corrected chi connectivity index (χ3v) is 9.70. The maximum absolute atomic E-state index is 13.8. The van der Waals surface area contributed by atoms with Crippen molar-refractivity contribution in [3.05, 3.63) is 64.8 Å². The average Bonchev–Trinajstić information content (AvgIpc) is 3.28. The zero-order valence-corrected chi connectivity index (χ0v) is 23.5. The average molecular weight is 538 g/mol. The fraction of sp³-hybridized carbons (Fsp3) is 0.467. The van der Waals surface area contributed by atoms with Crippen molar-refractivity contribution < 1.29 is 18.6 Å². The summed E-state index contributed by atoms with van der Waals surface area (Å²) in [5, 5.41) is 4.91. The molecule has 204 valence electrons. The van der Waals surface area contributed by atoms with Gasteiger partial charge in [0.25, 0.3) is 0 Å². The van der Waals surface area contributed by atoms with Gasteiger partial charge in [-0.05, 0) is 43.0 Å². The van der Waals surface area contributed by atoms with Gasteiger partial charge in [-0.15, -0.1) is 0 Å². The maximum atomic E-state index is 13.8. The number of nitrogens with zero attached hydrogens (tertiary/aromatic N) is 3. The molecule has 2 aromatic carbocycles. The highest BCUT2D eigenvalue weighted by atomic mass is 32.3. The normalized spacial score (nSPS) is 18.4. The van der Waals surface area contributed by atoms with Crippen LogP contribution in [0.25, 0.3) is 16.9 Å². The van der Waals surface area contributed by atoms with Gasteiger partial charge in [-0.25, -0.2) is 4.68 Å². The second-order valence-corrected chi connectivity index (χ2v) is 12.5. The Morgan fingerprint density at radius 2 is 1.84 bits per heavy atom. The molecular formula is C30H39N3O4S. The fourth-order valence-corrected chi connectivity index (χ4v) is 7.64. The van der Waals surface area contributed by atoms with Crippen molar-refractivity contribution in [3.63, 3.8) is 0 Å². The third kappa shape index (κ3) is 5.20. The van der Waals surface area contributed by atoms with E-state index in [4.69, 9.17) is 9.84 Å². The van der Waals surface area contributed by atoms with Crippen LogP contribution in [-0.4, -0.2) is 55.9 Å². The summed E-state index contributed by atoms with van der Waals surface area (Å²) in [5.74, 6) is -0.106. The van der Waals surface area contributed by atoms with Crippen molar-refractivity contribution in [1.82, 2.24) is 14.7 Å². The van der Waals surface area contributed by atoms with Crippen LogP contribution >= 0.6 is 10.6 Å². The minimum atomic E-state index is -3.10. The van der Waals surface area contributed by atoms with Crippen molar-refractivity contribution in [1.29, 1.82) is 0 Å². The molecule has 1 atom stereocenters. The summed E-state index contributed by atoms with van der Waals surface area (Å²) in [7, 11) is -3.10. The van der Waals surface area contributed by atoms with Gasteiger partial charge in [-0.3, -0.25) is 18.8 Å². The van der Waals surface area contributed by atoms with Gasteiger partial charge in [0.2, 0.25) is 0 Å². The topological polar surface area (TPSA) is 87.8 Å². The summed E-state index contributed by atoms with van der Waals surface area (Å²) in [4.78, 5) is 16.8. The molecule has 2 aliphatic heterocycles. The molecule has 7 nitrogen and oxygen atoms in total. The molecule has 0 bridgehead atoms. The van der Waals surface area contributed by atoms with Crippen LogP contribution < -0.4 is 0 Å². The number of carbonyl (C=O) groups excluding carboxylic acids is 1. The molecule has 5 rings (SSSR count). The number of aromatic nitrogens is 2. The van der Waals surface area contributed by atoms with E-state index in [1.807, 2.05) is 48.9 Å². The summed E-state index contributed by atoms with van der Waals surface area (Å²) in [6.45, 7) is 10.3. The van der Waals surface area contributed by atoms with Crippen molar-refractivity contribution in [3.8, 4) is 16.9 Å². The Balaban J connectivity index is 1.59. The van der Waals surface area contributed by atoms with E-state index < -0.39 is 10.6 Å². The lowest BCUT2D eigenvalue weighted by Crippen LogP contribution is -2.35. The summed E-state index contributed by atoms with van der Waals surface area (Å²) >= 11 is 0. The Morgan fingerprint density at radius 1 is 1.11 bits per heavy atom. The molecule has 3 heterocycles. The number of fused-ring (bicyclic) bond motifs is 3. The van der Waals surface area contributed by atoms with Gasteiger partial charge in [-0.2, -0.15) is 15.7 Å². The molecule has 1 aromatic heterocycles. The number of benzene rings is 2. The Bertz CT molecular complexity index is 1300. The quantitative estimate of drug-likeness (QED) is 0.295. The van der Waals surface area contributed by atoms with E-state index in [2.05, 4.69) is 24.0 Å². The van der Waals surface area contributed by atoms with Gasteiger partial charge < -0.3 is 4.74 Å². The molecule has 0 spiro atoms. The van der Waals surface area contributed by atoms with E-state index >= 15 is 0 Å². The van der Waals surface area contributed by atoms with E-state index in [0.717, 1.165) is 81.0 Å². The molecule has 0 saturated carbocycles. The molecular weight excluding hydrogens is 498 g/mol. The monoisotopic (exact) mass is 537 g/mol. The molecule has 0 radical (unpaired) electrons. The minimum absolute atomic E-state index is 0.00573. The van der Waals surface area contributed by atoms with Crippen LogP contribution in [0.1, 0.15) is 66.7 Å². The molecule has 8 heteroatoms. The first-order valence-electron chi connectivity index (χ1n) is 13.8. The van der Waals surface area contributed by atoms with E-state index in [9.17, 15) is 13.9 Å². The Labute approximate surface area is 227 Å². The fourth-order valence-electron chi connectivity index (χ4n) is 5.72. The van der Waals surface area contributed by atoms with Crippen molar-refractivity contribution >= 4 is 16.4 Å². The molecule has 0 aliphatic carbocycles. The first-order chi connectivity index (χ1) is 18.3. The molecule has 2 aliphatic rings. The predicted molar refractivity (Wildman–Crippen MR) is 152 cm³/mol. The Morgan fingerprint density at radius 3 is 2.53 bits per heavy atom. The number of carbonyl (C=O) groups is 1. The third-order valence-electron chi connectivity index (χ3n) is 7.82. The SMILES string of the molecule is CCCCC(CC)C(=O)c1nn(-c2ccc(CN3CCOCC3)cc2)c2c1CS(O)(O)c1c(C)cccc1-2. The van der Waals surface area contributed by atoms with E-state index in [0.29, 0.717) is 16.2 Å². The number of hydrogen-bond donors (Lipinski definition) is 2. The number of hydrogen-bond acceptors (Lipinski definition) is 6. The van der Waals surface area contributed by atoms with Crippen LogP contribution in [0.5, 0.6) is 0 Å². The molecule has 3 aromatic rings. The highest BCUT2D eigenvalue weighted by Gasteiger charge is 2.38. The van der Waals surface area contributed by atoms with Crippen LogP contribution in [-0.2, 0) is 17.0 Å². The van der Waals surface area contributed by atoms with E-state index in [-0.39, 0.29) is 17.5 Å². The summed E-state index contributed by atoms with van der Waals surface area (Å²) in [6, 6.07) is 14.1. The molecule has 1 fully saturated rings. The van der Waals surface area contributed by atoms with Crippen molar-refractivity contribution in [2.24, 2.45) is 5.92 Å². The van der Waals surface area contributed by atoms with E-state index in [1.165, 1.54) is 5.56 Å². The van der Waals surface area contributed by atoms with Gasteiger partial charge in [0.1, 0.15) is 5.69 Å². The molecule has 38 heavy (non-hydrogen) atoms. The zero-order valence-electron chi connectivity index (χ0n) is 22.7.